The molecule has 2 N–H and O–H groups in total. The summed E-state index contributed by atoms with van der Waals surface area (Å²) in [5, 5.41) is 11.9. The lowest BCUT2D eigenvalue weighted by molar-refractivity contribution is -0.143. The van der Waals surface area contributed by atoms with Crippen molar-refractivity contribution in [2.45, 2.75) is 31.8 Å². The lowest BCUT2D eigenvalue weighted by atomic mass is 9.97. The number of ether oxygens (including phenoxy) is 1. The summed E-state index contributed by atoms with van der Waals surface area (Å²) in [7, 11) is 0. The van der Waals surface area contributed by atoms with Crippen LogP contribution in [0.1, 0.15) is 36.0 Å². The van der Waals surface area contributed by atoms with Gasteiger partial charge < -0.3 is 20.1 Å². The molecule has 7 heteroatoms. The number of carbonyl (C=O) groups is 3. The van der Waals surface area contributed by atoms with Gasteiger partial charge in [0.15, 0.2) is 0 Å². The molecule has 0 saturated carbocycles. The number of nitrogens with zero attached hydrogens (tertiary/aromatic N) is 1. The highest BCUT2D eigenvalue weighted by molar-refractivity contribution is 5.98. The van der Waals surface area contributed by atoms with E-state index in [-0.39, 0.29) is 18.4 Å². The van der Waals surface area contributed by atoms with Crippen LogP contribution in [0, 0.1) is 5.92 Å². The summed E-state index contributed by atoms with van der Waals surface area (Å²) in [6, 6.07) is 6.73. The van der Waals surface area contributed by atoms with Gasteiger partial charge in [-0.25, -0.2) is 0 Å². The number of nitrogens with one attached hydrogen (secondary N) is 1. The Hall–Kier alpha value is -2.41. The molecule has 0 bridgehead atoms. The molecule has 1 aromatic rings. The average molecular weight is 346 g/mol. The van der Waals surface area contributed by atoms with E-state index >= 15 is 0 Å². The number of aliphatic carboxylic acids is 1. The first-order valence-electron chi connectivity index (χ1n) is 8.59. The number of benzene rings is 1. The van der Waals surface area contributed by atoms with Crippen LogP contribution in [0.5, 0.6) is 0 Å². The number of carboxylic acids is 1. The summed E-state index contributed by atoms with van der Waals surface area (Å²) in [4.78, 5) is 37.5. The second-order valence-electron chi connectivity index (χ2n) is 6.50. The van der Waals surface area contributed by atoms with E-state index in [1.807, 2.05) is 0 Å². The van der Waals surface area contributed by atoms with E-state index < -0.39 is 18.0 Å². The molecule has 0 radical (unpaired) electrons. The van der Waals surface area contributed by atoms with Gasteiger partial charge in [0.25, 0.3) is 11.8 Å². The van der Waals surface area contributed by atoms with Crippen molar-refractivity contribution in [1.29, 1.82) is 0 Å². The fraction of sp³-hybridized carbons (Fsp3) is 0.500. The topological polar surface area (TPSA) is 95.9 Å². The second-order valence-corrected chi connectivity index (χ2v) is 6.50. The molecule has 1 unspecified atom stereocenters. The van der Waals surface area contributed by atoms with Crippen LogP contribution in [0.25, 0.3) is 0 Å². The number of hydrogen-bond donors (Lipinski definition) is 2. The van der Waals surface area contributed by atoms with Crippen molar-refractivity contribution in [2.75, 3.05) is 25.0 Å². The molecule has 0 aromatic heterocycles. The number of carbonyl (C=O) groups excluding carboxylic acids is 2. The number of hydrogen-bond acceptors (Lipinski definition) is 4. The third-order valence-corrected chi connectivity index (χ3v) is 4.66. The average Bonchev–Trinajstić information content (AvgIpc) is 3.16. The summed E-state index contributed by atoms with van der Waals surface area (Å²) in [6.45, 7) is 1.37. The van der Waals surface area contributed by atoms with Gasteiger partial charge in [0.2, 0.25) is 0 Å². The van der Waals surface area contributed by atoms with Crippen LogP contribution in [0.4, 0.5) is 5.69 Å². The molecule has 2 amide bonds. The highest BCUT2D eigenvalue weighted by atomic mass is 16.5. The molecule has 2 aliphatic heterocycles. The zero-order valence-electron chi connectivity index (χ0n) is 13.9. The normalized spacial score (nSPS) is 23.3. The fourth-order valence-corrected chi connectivity index (χ4v) is 3.28. The monoisotopic (exact) mass is 346 g/mol. The van der Waals surface area contributed by atoms with Crippen molar-refractivity contribution in [2.24, 2.45) is 5.92 Å². The zero-order chi connectivity index (χ0) is 17.8. The molecule has 2 aliphatic rings. The van der Waals surface area contributed by atoms with Crippen LogP contribution < -0.4 is 5.32 Å². The molecule has 25 heavy (non-hydrogen) atoms. The molecule has 134 valence electrons. The van der Waals surface area contributed by atoms with Gasteiger partial charge >= 0.3 is 5.97 Å². The SMILES string of the molecule is O=C(Nc1cccc(C(=O)N2CCC[C@H](C(=O)O)C2)c1)C1CCCO1. The van der Waals surface area contributed by atoms with Gasteiger partial charge in [-0.3, -0.25) is 14.4 Å². The second kappa shape index (κ2) is 7.65. The van der Waals surface area contributed by atoms with Gasteiger partial charge in [-0.2, -0.15) is 0 Å². The molecule has 2 heterocycles. The third-order valence-electron chi connectivity index (χ3n) is 4.66. The van der Waals surface area contributed by atoms with E-state index in [1.165, 1.54) is 0 Å². The highest BCUT2D eigenvalue weighted by Gasteiger charge is 2.29. The van der Waals surface area contributed by atoms with E-state index in [0.717, 1.165) is 6.42 Å². The maximum Gasteiger partial charge on any atom is 0.308 e. The first-order valence-corrected chi connectivity index (χ1v) is 8.59. The van der Waals surface area contributed by atoms with E-state index in [2.05, 4.69) is 5.32 Å². The number of piperidine rings is 1. The summed E-state index contributed by atoms with van der Waals surface area (Å²) in [6.07, 6.45) is 2.41. The Balaban J connectivity index is 1.66. The first-order chi connectivity index (χ1) is 12.0. The van der Waals surface area contributed by atoms with E-state index in [0.29, 0.717) is 43.7 Å². The maximum atomic E-state index is 12.7. The summed E-state index contributed by atoms with van der Waals surface area (Å²) in [5.74, 6) is -1.79. The van der Waals surface area contributed by atoms with Crippen molar-refractivity contribution in [3.05, 3.63) is 29.8 Å². The highest BCUT2D eigenvalue weighted by Crippen LogP contribution is 2.21. The molecule has 2 fully saturated rings. The van der Waals surface area contributed by atoms with Gasteiger partial charge in [-0.15, -0.1) is 0 Å². The molecular weight excluding hydrogens is 324 g/mol. The van der Waals surface area contributed by atoms with Crippen molar-refractivity contribution in [3.63, 3.8) is 0 Å². The van der Waals surface area contributed by atoms with Crippen LogP contribution in [0.15, 0.2) is 24.3 Å². The van der Waals surface area contributed by atoms with Gasteiger partial charge in [-0.05, 0) is 43.9 Å². The smallest absolute Gasteiger partial charge is 0.308 e. The predicted molar refractivity (Wildman–Crippen MR) is 90.3 cm³/mol. The van der Waals surface area contributed by atoms with Crippen LogP contribution >= 0.6 is 0 Å². The van der Waals surface area contributed by atoms with Gasteiger partial charge in [0.1, 0.15) is 6.10 Å². The quantitative estimate of drug-likeness (QED) is 0.866. The summed E-state index contributed by atoms with van der Waals surface area (Å²) >= 11 is 0. The van der Waals surface area contributed by atoms with Crippen molar-refractivity contribution in [3.8, 4) is 0 Å². The zero-order valence-corrected chi connectivity index (χ0v) is 13.9. The minimum Gasteiger partial charge on any atom is -0.481 e. The van der Waals surface area contributed by atoms with Crippen LogP contribution in [-0.4, -0.2) is 53.6 Å². The Bertz CT molecular complexity index is 669. The number of amides is 2. The molecular formula is C18H22N2O5. The predicted octanol–water partition coefficient (Wildman–Crippen LogP) is 1.74. The number of rotatable bonds is 4. The maximum absolute atomic E-state index is 12.7. The van der Waals surface area contributed by atoms with E-state index in [9.17, 15) is 14.4 Å². The van der Waals surface area contributed by atoms with Crippen LogP contribution in [0.2, 0.25) is 0 Å². The molecule has 0 spiro atoms. The lowest BCUT2D eigenvalue weighted by Crippen LogP contribution is -2.42. The van der Waals surface area contributed by atoms with Crippen LogP contribution in [0.3, 0.4) is 0 Å². The molecule has 1 aromatic carbocycles. The minimum atomic E-state index is -0.866. The van der Waals surface area contributed by atoms with Crippen molar-refractivity contribution in [1.82, 2.24) is 4.90 Å². The molecule has 2 saturated heterocycles. The van der Waals surface area contributed by atoms with Gasteiger partial charge in [0, 0.05) is 30.9 Å². The molecule has 7 nitrogen and oxygen atoms in total. The molecule has 3 rings (SSSR count). The van der Waals surface area contributed by atoms with Gasteiger partial charge in [-0.1, -0.05) is 6.07 Å². The lowest BCUT2D eigenvalue weighted by Gasteiger charge is -2.30. The standard InChI is InChI=1S/C18H22N2O5/c21-16(15-7-3-9-25-15)19-14-6-1-4-12(10-14)17(22)20-8-2-5-13(11-20)18(23)24/h1,4,6,10,13,15H,2-3,5,7-9,11H2,(H,19,21)(H,23,24)/t13-,15?/m0/s1. The number of carboxylic acid groups (broad SMARTS) is 1. The minimum absolute atomic E-state index is 0.203. The Morgan fingerprint density at radius 2 is 2.04 bits per heavy atom. The Kier molecular flexibility index (Phi) is 5.33. The van der Waals surface area contributed by atoms with Gasteiger partial charge in [0.05, 0.1) is 5.92 Å². The van der Waals surface area contributed by atoms with E-state index in [1.54, 1.807) is 29.2 Å². The molecule has 0 aliphatic carbocycles. The third kappa shape index (κ3) is 4.17. The largest absolute Gasteiger partial charge is 0.481 e. The molecule has 2 atom stereocenters. The van der Waals surface area contributed by atoms with Crippen molar-refractivity contribution >= 4 is 23.5 Å². The summed E-state index contributed by atoms with van der Waals surface area (Å²) < 4.78 is 5.35. The first kappa shape index (κ1) is 17.4. The Morgan fingerprint density at radius 1 is 1.20 bits per heavy atom. The fourth-order valence-electron chi connectivity index (χ4n) is 3.28. The number of likely N-dealkylation sites (tertiary alicyclic amines) is 1. The Labute approximate surface area is 146 Å². The van der Waals surface area contributed by atoms with Crippen LogP contribution in [-0.2, 0) is 14.3 Å². The van der Waals surface area contributed by atoms with E-state index in [4.69, 9.17) is 9.84 Å². The van der Waals surface area contributed by atoms with Crippen molar-refractivity contribution < 1.29 is 24.2 Å². The number of anilines is 1. The Morgan fingerprint density at radius 3 is 2.76 bits per heavy atom. The summed E-state index contributed by atoms with van der Waals surface area (Å²) in [5.41, 5.74) is 0.981.